The molecule has 0 heterocycles. The Kier molecular flexibility index (Phi) is 6.10. The molecule has 0 aromatic heterocycles. The molecule has 2 N–H and O–H groups in total. The predicted octanol–water partition coefficient (Wildman–Crippen LogP) is 1.33. The zero-order valence-electron chi connectivity index (χ0n) is 9.08. The number of carbonyl (C=O) groups excluding carboxylic acids is 1. The second kappa shape index (κ2) is 7.37. The third kappa shape index (κ3) is 4.80. The summed E-state index contributed by atoms with van der Waals surface area (Å²) < 4.78 is 18.2. The van der Waals surface area contributed by atoms with Crippen LogP contribution >= 0.6 is 15.9 Å². The van der Waals surface area contributed by atoms with Gasteiger partial charge in [-0.1, -0.05) is 0 Å². The summed E-state index contributed by atoms with van der Waals surface area (Å²) in [7, 11) is 0. The van der Waals surface area contributed by atoms with Gasteiger partial charge in [0.05, 0.1) is 24.3 Å². The molecule has 0 saturated heterocycles. The highest BCUT2D eigenvalue weighted by Gasteiger charge is 2.07. The van der Waals surface area contributed by atoms with E-state index in [4.69, 9.17) is 9.84 Å². The molecule has 0 saturated carbocycles. The first-order valence-electron chi connectivity index (χ1n) is 5.07. The summed E-state index contributed by atoms with van der Waals surface area (Å²) in [5.41, 5.74) is 0.375. The third-order valence-electron chi connectivity index (χ3n) is 1.95. The Morgan fingerprint density at radius 3 is 2.88 bits per heavy atom. The second-order valence-corrected chi connectivity index (χ2v) is 4.08. The van der Waals surface area contributed by atoms with Crippen molar-refractivity contribution in [1.29, 1.82) is 0 Å². The van der Waals surface area contributed by atoms with Crippen molar-refractivity contribution in [2.24, 2.45) is 0 Å². The number of rotatable bonds is 6. The molecule has 0 aliphatic rings. The Labute approximate surface area is 107 Å². The first-order chi connectivity index (χ1) is 8.15. The number of aliphatic hydroxyl groups excluding tert-OH is 1. The molecule has 0 unspecified atom stereocenters. The van der Waals surface area contributed by atoms with E-state index in [1.54, 1.807) is 0 Å². The number of nitrogens with one attached hydrogen (secondary N) is 1. The van der Waals surface area contributed by atoms with Gasteiger partial charge in [0.2, 0.25) is 0 Å². The lowest BCUT2D eigenvalue weighted by Crippen LogP contribution is -2.27. The van der Waals surface area contributed by atoms with Gasteiger partial charge in [-0.25, -0.2) is 4.39 Å². The summed E-state index contributed by atoms with van der Waals surface area (Å²) >= 11 is 3.01. The van der Waals surface area contributed by atoms with Crippen molar-refractivity contribution in [2.75, 3.05) is 26.4 Å². The van der Waals surface area contributed by atoms with Crippen LogP contribution in [-0.2, 0) is 4.74 Å². The maximum absolute atomic E-state index is 12.9. The minimum absolute atomic E-state index is 0.0428. The van der Waals surface area contributed by atoms with Gasteiger partial charge in [0.15, 0.2) is 0 Å². The molecule has 0 atom stereocenters. The van der Waals surface area contributed by atoms with E-state index < -0.39 is 5.82 Å². The zero-order valence-corrected chi connectivity index (χ0v) is 10.7. The van der Waals surface area contributed by atoms with Gasteiger partial charge in [0.25, 0.3) is 5.91 Å². The van der Waals surface area contributed by atoms with Crippen molar-refractivity contribution in [3.8, 4) is 0 Å². The normalized spacial score (nSPS) is 10.3. The van der Waals surface area contributed by atoms with Crippen molar-refractivity contribution in [1.82, 2.24) is 5.32 Å². The molecule has 0 bridgehead atoms. The first-order valence-corrected chi connectivity index (χ1v) is 5.86. The highest BCUT2D eigenvalue weighted by atomic mass is 79.9. The summed E-state index contributed by atoms with van der Waals surface area (Å²) in [5, 5.41) is 11.1. The Hall–Kier alpha value is -0.980. The van der Waals surface area contributed by atoms with Crippen LogP contribution in [0.15, 0.2) is 22.7 Å². The SMILES string of the molecule is O=C(NCCOCCO)c1ccc(F)c(Br)c1. The lowest BCUT2D eigenvalue weighted by atomic mass is 10.2. The maximum Gasteiger partial charge on any atom is 0.251 e. The molecule has 0 spiro atoms. The number of ether oxygens (including phenoxy) is 1. The van der Waals surface area contributed by atoms with Crippen LogP contribution in [0.2, 0.25) is 0 Å². The van der Waals surface area contributed by atoms with E-state index >= 15 is 0 Å². The Morgan fingerprint density at radius 1 is 1.47 bits per heavy atom. The van der Waals surface area contributed by atoms with Gasteiger partial charge in [-0.3, -0.25) is 4.79 Å². The van der Waals surface area contributed by atoms with Crippen LogP contribution in [0.25, 0.3) is 0 Å². The Morgan fingerprint density at radius 2 is 2.24 bits per heavy atom. The van der Waals surface area contributed by atoms with Gasteiger partial charge in [-0.05, 0) is 34.1 Å². The van der Waals surface area contributed by atoms with Gasteiger partial charge in [-0.15, -0.1) is 0 Å². The van der Waals surface area contributed by atoms with Crippen molar-refractivity contribution < 1.29 is 19.0 Å². The second-order valence-electron chi connectivity index (χ2n) is 3.22. The molecular weight excluding hydrogens is 293 g/mol. The smallest absolute Gasteiger partial charge is 0.251 e. The monoisotopic (exact) mass is 305 g/mol. The molecule has 1 amide bonds. The molecule has 0 radical (unpaired) electrons. The predicted molar refractivity (Wildman–Crippen MR) is 64.3 cm³/mol. The summed E-state index contributed by atoms with van der Waals surface area (Å²) in [4.78, 5) is 11.6. The van der Waals surface area contributed by atoms with Gasteiger partial charge in [0, 0.05) is 12.1 Å². The van der Waals surface area contributed by atoms with Gasteiger partial charge in [0.1, 0.15) is 5.82 Å². The molecule has 94 valence electrons. The van der Waals surface area contributed by atoms with E-state index in [-0.39, 0.29) is 23.6 Å². The highest BCUT2D eigenvalue weighted by Crippen LogP contribution is 2.16. The number of benzene rings is 1. The largest absolute Gasteiger partial charge is 0.394 e. The maximum atomic E-state index is 12.9. The van der Waals surface area contributed by atoms with Crippen LogP contribution in [0.4, 0.5) is 4.39 Å². The topological polar surface area (TPSA) is 58.6 Å². The molecule has 0 aliphatic heterocycles. The van der Waals surface area contributed by atoms with Crippen LogP contribution in [-0.4, -0.2) is 37.4 Å². The lowest BCUT2D eigenvalue weighted by molar-refractivity contribution is 0.0838. The minimum atomic E-state index is -0.409. The molecule has 6 heteroatoms. The fraction of sp³-hybridized carbons (Fsp3) is 0.364. The molecule has 1 rings (SSSR count). The number of hydrogen-bond donors (Lipinski definition) is 2. The molecule has 0 fully saturated rings. The zero-order chi connectivity index (χ0) is 12.7. The quantitative estimate of drug-likeness (QED) is 0.780. The molecule has 1 aromatic carbocycles. The first kappa shape index (κ1) is 14.1. The van der Waals surface area contributed by atoms with Gasteiger partial charge >= 0.3 is 0 Å². The summed E-state index contributed by atoms with van der Waals surface area (Å²) in [6, 6.07) is 4.05. The van der Waals surface area contributed by atoms with Crippen LogP contribution in [0.5, 0.6) is 0 Å². The molecular formula is C11H13BrFNO3. The third-order valence-corrected chi connectivity index (χ3v) is 2.56. The van der Waals surface area contributed by atoms with E-state index in [1.807, 2.05) is 0 Å². The average Bonchev–Trinajstić information content (AvgIpc) is 2.32. The summed E-state index contributed by atoms with van der Waals surface area (Å²) in [5.74, 6) is -0.703. The fourth-order valence-corrected chi connectivity index (χ4v) is 1.52. The molecule has 17 heavy (non-hydrogen) atoms. The van der Waals surface area contributed by atoms with E-state index in [1.165, 1.54) is 18.2 Å². The van der Waals surface area contributed by atoms with Crippen molar-refractivity contribution >= 4 is 21.8 Å². The standard InChI is InChI=1S/C11H13BrFNO3/c12-9-7-8(1-2-10(9)13)11(16)14-3-5-17-6-4-15/h1-2,7,15H,3-6H2,(H,14,16). The number of halogens is 2. The number of amides is 1. The van der Waals surface area contributed by atoms with Crippen molar-refractivity contribution in [3.05, 3.63) is 34.1 Å². The Bertz CT molecular complexity index is 387. The molecule has 0 aliphatic carbocycles. The van der Waals surface area contributed by atoms with E-state index in [9.17, 15) is 9.18 Å². The lowest BCUT2D eigenvalue weighted by Gasteiger charge is -2.06. The summed E-state index contributed by atoms with van der Waals surface area (Å²) in [6.07, 6.45) is 0. The number of carbonyl (C=O) groups is 1. The van der Waals surface area contributed by atoms with E-state index in [2.05, 4.69) is 21.2 Å². The number of hydrogen-bond acceptors (Lipinski definition) is 3. The van der Waals surface area contributed by atoms with Crippen molar-refractivity contribution in [3.63, 3.8) is 0 Å². The van der Waals surface area contributed by atoms with E-state index in [0.717, 1.165) is 0 Å². The van der Waals surface area contributed by atoms with Gasteiger partial charge in [-0.2, -0.15) is 0 Å². The van der Waals surface area contributed by atoms with Crippen LogP contribution < -0.4 is 5.32 Å². The minimum Gasteiger partial charge on any atom is -0.394 e. The van der Waals surface area contributed by atoms with Crippen LogP contribution in [0.1, 0.15) is 10.4 Å². The van der Waals surface area contributed by atoms with Crippen molar-refractivity contribution in [2.45, 2.75) is 0 Å². The highest BCUT2D eigenvalue weighted by molar-refractivity contribution is 9.10. The van der Waals surface area contributed by atoms with Crippen LogP contribution in [0, 0.1) is 5.82 Å². The number of aliphatic hydroxyl groups is 1. The molecule has 1 aromatic rings. The summed E-state index contributed by atoms with van der Waals surface area (Å²) in [6.45, 7) is 0.874. The average molecular weight is 306 g/mol. The fourth-order valence-electron chi connectivity index (χ4n) is 1.14. The molecule has 4 nitrogen and oxygen atoms in total. The van der Waals surface area contributed by atoms with Crippen LogP contribution in [0.3, 0.4) is 0 Å². The Balaban J connectivity index is 2.39. The van der Waals surface area contributed by atoms with E-state index in [0.29, 0.717) is 18.7 Å². The van der Waals surface area contributed by atoms with Gasteiger partial charge < -0.3 is 15.2 Å².